The van der Waals surface area contributed by atoms with Gasteiger partial charge < -0.3 is 30.2 Å². The largest absolute Gasteiger partial charge is 0.486 e. The first-order chi connectivity index (χ1) is 15.1. The molecule has 3 aromatic rings. The van der Waals surface area contributed by atoms with Gasteiger partial charge >= 0.3 is 0 Å². The third kappa shape index (κ3) is 4.73. The maximum atomic E-state index is 6.05. The highest BCUT2D eigenvalue weighted by Gasteiger charge is 2.24. The first-order valence-electron chi connectivity index (χ1n) is 10.3. The van der Waals surface area contributed by atoms with Crippen LogP contribution in [-0.2, 0) is 6.54 Å². The second-order valence-electron chi connectivity index (χ2n) is 7.73. The van der Waals surface area contributed by atoms with E-state index in [0.29, 0.717) is 30.5 Å². The fraction of sp³-hybridized carbons (Fsp3) is 0.292. The Bertz CT molecular complexity index is 1040. The van der Waals surface area contributed by atoms with Gasteiger partial charge in [-0.2, -0.15) is 0 Å². The summed E-state index contributed by atoms with van der Waals surface area (Å²) in [4.78, 5) is 6.86. The molecule has 0 spiro atoms. The van der Waals surface area contributed by atoms with Crippen molar-refractivity contribution in [2.24, 2.45) is 5.73 Å². The number of para-hydroxylation sites is 1. The molecule has 7 nitrogen and oxygen atoms in total. The van der Waals surface area contributed by atoms with E-state index >= 15 is 0 Å². The number of methoxy groups -OCH3 is 1. The van der Waals surface area contributed by atoms with Gasteiger partial charge in [-0.15, -0.1) is 0 Å². The number of pyridine rings is 1. The lowest BCUT2D eigenvalue weighted by molar-refractivity contribution is 0.0976. The Balaban J connectivity index is 1.60. The van der Waals surface area contributed by atoms with Crippen LogP contribution in [0.15, 0.2) is 54.6 Å². The topological polar surface area (TPSA) is 81.9 Å². The van der Waals surface area contributed by atoms with Gasteiger partial charge in [0.25, 0.3) is 0 Å². The SMILES string of the molecule is COc1nc(-c2cccc3c2OC(CN)CO3)ccc1Nc1ccc(CN(C)C)cc1. The number of rotatable bonds is 7. The lowest BCUT2D eigenvalue weighted by Crippen LogP contribution is -2.35. The van der Waals surface area contributed by atoms with E-state index in [4.69, 9.17) is 24.9 Å². The summed E-state index contributed by atoms with van der Waals surface area (Å²) in [6.45, 7) is 1.73. The Hall–Kier alpha value is -3.29. The molecule has 1 atom stereocenters. The predicted octanol–water partition coefficient (Wildman–Crippen LogP) is 3.66. The van der Waals surface area contributed by atoms with Gasteiger partial charge in [0.15, 0.2) is 11.5 Å². The molecule has 0 amide bonds. The van der Waals surface area contributed by atoms with Crippen molar-refractivity contribution in [1.29, 1.82) is 0 Å². The Morgan fingerprint density at radius 2 is 1.94 bits per heavy atom. The number of benzene rings is 2. The molecule has 3 N–H and O–H groups in total. The lowest BCUT2D eigenvalue weighted by Gasteiger charge is -2.27. The van der Waals surface area contributed by atoms with E-state index in [2.05, 4.69) is 48.6 Å². The molecule has 31 heavy (non-hydrogen) atoms. The van der Waals surface area contributed by atoms with Gasteiger partial charge in [0.1, 0.15) is 18.4 Å². The van der Waals surface area contributed by atoms with Crippen molar-refractivity contribution in [3.8, 4) is 28.6 Å². The number of aromatic nitrogens is 1. The van der Waals surface area contributed by atoms with Gasteiger partial charge in [-0.1, -0.05) is 18.2 Å². The number of fused-ring (bicyclic) bond motifs is 1. The number of anilines is 2. The zero-order valence-corrected chi connectivity index (χ0v) is 18.1. The predicted molar refractivity (Wildman–Crippen MR) is 122 cm³/mol. The molecule has 2 aromatic carbocycles. The van der Waals surface area contributed by atoms with E-state index in [0.717, 1.165) is 29.2 Å². The molecule has 0 bridgehead atoms. The van der Waals surface area contributed by atoms with Crippen LogP contribution in [0.1, 0.15) is 5.56 Å². The van der Waals surface area contributed by atoms with Gasteiger partial charge in [-0.3, -0.25) is 0 Å². The van der Waals surface area contributed by atoms with E-state index < -0.39 is 0 Å². The Kier molecular flexibility index (Phi) is 6.25. The summed E-state index contributed by atoms with van der Waals surface area (Å²) in [5, 5.41) is 3.39. The molecule has 0 saturated carbocycles. The molecule has 0 saturated heterocycles. The molecule has 1 aliphatic heterocycles. The standard InChI is InChI=1S/C24H28N4O3/c1-28(2)14-16-7-9-17(10-8-16)26-21-12-11-20(27-24(21)29-3)19-5-4-6-22-23(19)31-18(13-25)15-30-22/h4-12,18,26H,13-15,25H2,1-3H3. The van der Waals surface area contributed by atoms with Crippen molar-refractivity contribution >= 4 is 11.4 Å². The molecule has 0 radical (unpaired) electrons. The minimum atomic E-state index is -0.174. The van der Waals surface area contributed by atoms with Crippen LogP contribution in [-0.4, -0.2) is 50.3 Å². The molecule has 0 fully saturated rings. The quantitative estimate of drug-likeness (QED) is 0.604. The Labute approximate surface area is 182 Å². The number of nitrogens with one attached hydrogen (secondary N) is 1. The molecule has 1 aromatic heterocycles. The smallest absolute Gasteiger partial charge is 0.238 e. The summed E-state index contributed by atoms with van der Waals surface area (Å²) in [6.07, 6.45) is -0.174. The Morgan fingerprint density at radius 3 is 2.65 bits per heavy atom. The number of ether oxygens (including phenoxy) is 3. The average molecular weight is 421 g/mol. The fourth-order valence-corrected chi connectivity index (χ4v) is 3.51. The monoisotopic (exact) mass is 420 g/mol. The average Bonchev–Trinajstić information content (AvgIpc) is 2.79. The zero-order chi connectivity index (χ0) is 21.8. The number of nitrogens with zero attached hydrogens (tertiary/aromatic N) is 2. The van der Waals surface area contributed by atoms with Crippen LogP contribution in [0.5, 0.6) is 17.4 Å². The van der Waals surface area contributed by atoms with E-state index in [-0.39, 0.29) is 6.10 Å². The molecule has 2 heterocycles. The van der Waals surface area contributed by atoms with Gasteiger partial charge in [0.2, 0.25) is 5.88 Å². The van der Waals surface area contributed by atoms with Crippen molar-refractivity contribution in [2.45, 2.75) is 12.6 Å². The number of hydrogen-bond acceptors (Lipinski definition) is 7. The summed E-state index contributed by atoms with van der Waals surface area (Å²) in [6, 6.07) is 18.0. The van der Waals surface area contributed by atoms with E-state index in [1.54, 1.807) is 7.11 Å². The lowest BCUT2D eigenvalue weighted by atomic mass is 10.1. The normalized spacial score (nSPS) is 15.1. The minimum absolute atomic E-state index is 0.174. The maximum Gasteiger partial charge on any atom is 0.238 e. The molecule has 0 aliphatic carbocycles. The number of nitrogens with two attached hydrogens (primary N) is 1. The molecule has 1 unspecified atom stereocenters. The zero-order valence-electron chi connectivity index (χ0n) is 18.1. The first kappa shape index (κ1) is 21.0. The van der Waals surface area contributed by atoms with Gasteiger partial charge in [-0.05, 0) is 56.1 Å². The van der Waals surface area contributed by atoms with E-state index in [1.807, 2.05) is 30.3 Å². The summed E-state index contributed by atoms with van der Waals surface area (Å²) in [5.41, 5.74) is 10.4. The van der Waals surface area contributed by atoms with Crippen LogP contribution in [0.2, 0.25) is 0 Å². The Morgan fingerprint density at radius 1 is 1.13 bits per heavy atom. The third-order valence-corrected chi connectivity index (χ3v) is 5.01. The van der Waals surface area contributed by atoms with Gasteiger partial charge in [-0.25, -0.2) is 4.98 Å². The van der Waals surface area contributed by atoms with E-state index in [1.165, 1.54) is 5.56 Å². The fourth-order valence-electron chi connectivity index (χ4n) is 3.51. The van der Waals surface area contributed by atoms with Crippen molar-refractivity contribution in [3.05, 3.63) is 60.2 Å². The van der Waals surface area contributed by atoms with Gasteiger partial charge in [0, 0.05) is 24.3 Å². The van der Waals surface area contributed by atoms with E-state index in [9.17, 15) is 0 Å². The van der Waals surface area contributed by atoms with Crippen LogP contribution >= 0.6 is 0 Å². The molecule has 7 heteroatoms. The summed E-state index contributed by atoms with van der Waals surface area (Å²) < 4.78 is 17.4. The molecular weight excluding hydrogens is 392 g/mol. The highest BCUT2D eigenvalue weighted by molar-refractivity contribution is 5.75. The summed E-state index contributed by atoms with van der Waals surface area (Å²) >= 11 is 0. The van der Waals surface area contributed by atoms with Crippen LogP contribution in [0.25, 0.3) is 11.3 Å². The first-order valence-corrected chi connectivity index (χ1v) is 10.3. The van der Waals surface area contributed by atoms with Crippen LogP contribution in [0.3, 0.4) is 0 Å². The van der Waals surface area contributed by atoms with Crippen molar-refractivity contribution in [3.63, 3.8) is 0 Å². The number of hydrogen-bond donors (Lipinski definition) is 2. The second kappa shape index (κ2) is 9.24. The second-order valence-corrected chi connectivity index (χ2v) is 7.73. The summed E-state index contributed by atoms with van der Waals surface area (Å²) in [7, 11) is 5.73. The molecule has 162 valence electrons. The molecule has 4 rings (SSSR count). The minimum Gasteiger partial charge on any atom is -0.486 e. The van der Waals surface area contributed by atoms with Crippen LogP contribution in [0.4, 0.5) is 11.4 Å². The van der Waals surface area contributed by atoms with Crippen molar-refractivity contribution in [1.82, 2.24) is 9.88 Å². The van der Waals surface area contributed by atoms with Crippen molar-refractivity contribution in [2.75, 3.05) is 39.7 Å². The third-order valence-electron chi connectivity index (χ3n) is 5.01. The van der Waals surface area contributed by atoms with Crippen LogP contribution < -0.4 is 25.3 Å². The maximum absolute atomic E-state index is 6.05. The van der Waals surface area contributed by atoms with Gasteiger partial charge in [0.05, 0.1) is 12.8 Å². The molecular formula is C24H28N4O3. The molecule has 1 aliphatic rings. The highest BCUT2D eigenvalue weighted by atomic mass is 16.6. The highest BCUT2D eigenvalue weighted by Crippen LogP contribution is 2.41. The van der Waals surface area contributed by atoms with Crippen LogP contribution in [0, 0.1) is 0 Å². The summed E-state index contributed by atoms with van der Waals surface area (Å²) in [5.74, 6) is 1.86. The van der Waals surface area contributed by atoms with Crippen molar-refractivity contribution < 1.29 is 14.2 Å².